The summed E-state index contributed by atoms with van der Waals surface area (Å²) in [7, 11) is 1.81. The van der Waals surface area contributed by atoms with E-state index >= 15 is 0 Å². The third kappa shape index (κ3) is 4.43. The van der Waals surface area contributed by atoms with Gasteiger partial charge >= 0.3 is 0 Å². The molecule has 0 saturated carbocycles. The van der Waals surface area contributed by atoms with Crippen LogP contribution >= 0.6 is 23.2 Å². The molecule has 1 rings (SSSR count). The number of nitrogens with one attached hydrogen (secondary N) is 1. The Morgan fingerprint density at radius 1 is 1.26 bits per heavy atom. The van der Waals surface area contributed by atoms with Gasteiger partial charge in [-0.3, -0.25) is 0 Å². The van der Waals surface area contributed by atoms with Crippen LogP contribution in [0.1, 0.15) is 40.0 Å². The van der Waals surface area contributed by atoms with Crippen LogP contribution in [0.5, 0.6) is 0 Å². The first kappa shape index (κ1) is 16.4. The van der Waals surface area contributed by atoms with Crippen molar-refractivity contribution in [2.75, 3.05) is 23.8 Å². The second kappa shape index (κ2) is 7.81. The lowest BCUT2D eigenvalue weighted by molar-refractivity contribution is 0.620. The predicted molar refractivity (Wildman–Crippen MR) is 85.8 cm³/mol. The molecule has 0 spiro atoms. The van der Waals surface area contributed by atoms with Crippen LogP contribution in [0.25, 0.3) is 0 Å². The molecule has 19 heavy (non-hydrogen) atoms. The highest BCUT2D eigenvalue weighted by molar-refractivity contribution is 6.37. The standard InChI is InChI=1S/C14H23Cl2N3/c1-5-6-7-8-19(10(2)3)14-12(16)9-11(15)13(17-4)18-14/h9-10H,5-8H2,1-4H3,(H,17,18). The summed E-state index contributed by atoms with van der Waals surface area (Å²) in [4.78, 5) is 6.77. The molecule has 3 nitrogen and oxygen atoms in total. The van der Waals surface area contributed by atoms with E-state index in [2.05, 4.69) is 36.0 Å². The molecule has 1 aromatic heterocycles. The van der Waals surface area contributed by atoms with Crippen molar-refractivity contribution in [3.05, 3.63) is 16.1 Å². The number of anilines is 2. The molecule has 0 aromatic carbocycles. The van der Waals surface area contributed by atoms with E-state index in [-0.39, 0.29) is 0 Å². The Labute approximate surface area is 126 Å². The van der Waals surface area contributed by atoms with E-state index in [1.54, 1.807) is 6.07 Å². The van der Waals surface area contributed by atoms with E-state index < -0.39 is 0 Å². The van der Waals surface area contributed by atoms with Gasteiger partial charge in [-0.25, -0.2) is 4.98 Å². The SMILES string of the molecule is CCCCCN(c1nc(NC)c(Cl)cc1Cl)C(C)C. The molecule has 0 saturated heterocycles. The van der Waals surface area contributed by atoms with Gasteiger partial charge < -0.3 is 10.2 Å². The molecule has 0 bridgehead atoms. The number of hydrogen-bond donors (Lipinski definition) is 1. The highest BCUT2D eigenvalue weighted by Crippen LogP contribution is 2.32. The molecule has 0 fully saturated rings. The molecule has 0 aliphatic rings. The zero-order valence-corrected chi connectivity index (χ0v) is 13.6. The van der Waals surface area contributed by atoms with Crippen molar-refractivity contribution >= 4 is 34.8 Å². The Hall–Kier alpha value is -0.670. The van der Waals surface area contributed by atoms with Crippen LogP contribution in [-0.2, 0) is 0 Å². The van der Waals surface area contributed by atoms with Crippen LogP contribution in [0.15, 0.2) is 6.07 Å². The van der Waals surface area contributed by atoms with Crippen molar-refractivity contribution in [1.82, 2.24) is 4.98 Å². The fourth-order valence-corrected chi connectivity index (χ4v) is 2.54. The highest BCUT2D eigenvalue weighted by Gasteiger charge is 2.17. The molecule has 0 unspecified atom stereocenters. The molecule has 0 radical (unpaired) electrons. The maximum absolute atomic E-state index is 6.29. The number of nitrogens with zero attached hydrogens (tertiary/aromatic N) is 2. The molecule has 0 aliphatic carbocycles. The van der Waals surface area contributed by atoms with Crippen molar-refractivity contribution in [3.63, 3.8) is 0 Å². The van der Waals surface area contributed by atoms with Crippen LogP contribution in [0.3, 0.4) is 0 Å². The van der Waals surface area contributed by atoms with E-state index in [0.717, 1.165) is 18.8 Å². The van der Waals surface area contributed by atoms with Gasteiger partial charge in [0, 0.05) is 19.6 Å². The first-order valence-corrected chi connectivity index (χ1v) is 7.57. The molecule has 1 N–H and O–H groups in total. The summed E-state index contributed by atoms with van der Waals surface area (Å²) in [5, 5.41) is 4.15. The van der Waals surface area contributed by atoms with Gasteiger partial charge in [0.1, 0.15) is 11.6 Å². The van der Waals surface area contributed by atoms with Crippen molar-refractivity contribution in [2.24, 2.45) is 0 Å². The number of pyridine rings is 1. The average molecular weight is 304 g/mol. The van der Waals surface area contributed by atoms with E-state index in [0.29, 0.717) is 21.9 Å². The smallest absolute Gasteiger partial charge is 0.150 e. The van der Waals surface area contributed by atoms with Crippen molar-refractivity contribution in [1.29, 1.82) is 0 Å². The second-order valence-electron chi connectivity index (χ2n) is 4.87. The van der Waals surface area contributed by atoms with E-state index in [1.165, 1.54) is 12.8 Å². The summed E-state index contributed by atoms with van der Waals surface area (Å²) in [6, 6.07) is 2.11. The minimum Gasteiger partial charge on any atom is -0.372 e. The first-order chi connectivity index (χ1) is 9.01. The summed E-state index contributed by atoms with van der Waals surface area (Å²) in [6.45, 7) is 7.46. The van der Waals surface area contributed by atoms with Gasteiger partial charge in [0.2, 0.25) is 0 Å². The van der Waals surface area contributed by atoms with E-state index in [9.17, 15) is 0 Å². The second-order valence-corrected chi connectivity index (χ2v) is 5.68. The zero-order chi connectivity index (χ0) is 14.4. The minimum atomic E-state index is 0.354. The molecular weight excluding hydrogens is 281 g/mol. The summed E-state index contributed by atoms with van der Waals surface area (Å²) >= 11 is 12.4. The maximum atomic E-state index is 6.29. The first-order valence-electron chi connectivity index (χ1n) is 6.81. The summed E-state index contributed by atoms with van der Waals surface area (Å²) in [6.07, 6.45) is 3.56. The predicted octanol–water partition coefficient (Wildman–Crippen LogP) is 4.84. The summed E-state index contributed by atoms with van der Waals surface area (Å²) < 4.78 is 0. The fourth-order valence-electron chi connectivity index (χ4n) is 1.97. The van der Waals surface area contributed by atoms with Crippen LogP contribution in [0.4, 0.5) is 11.6 Å². The molecule has 1 heterocycles. The normalized spacial score (nSPS) is 10.9. The molecule has 1 aromatic rings. The van der Waals surface area contributed by atoms with Crippen LogP contribution in [-0.4, -0.2) is 24.6 Å². The minimum absolute atomic E-state index is 0.354. The lowest BCUT2D eigenvalue weighted by Crippen LogP contribution is -2.33. The number of rotatable bonds is 7. The van der Waals surface area contributed by atoms with Gasteiger partial charge in [-0.15, -0.1) is 0 Å². The third-order valence-electron chi connectivity index (χ3n) is 3.05. The Kier molecular flexibility index (Phi) is 6.73. The molecular formula is C14H23Cl2N3. The van der Waals surface area contributed by atoms with Crippen molar-refractivity contribution < 1.29 is 0 Å². The highest BCUT2D eigenvalue weighted by atomic mass is 35.5. The van der Waals surface area contributed by atoms with Gasteiger partial charge in [0.15, 0.2) is 0 Å². The van der Waals surface area contributed by atoms with Gasteiger partial charge in [0.05, 0.1) is 10.0 Å². The molecule has 108 valence electrons. The van der Waals surface area contributed by atoms with Gasteiger partial charge in [-0.1, -0.05) is 43.0 Å². The Morgan fingerprint density at radius 3 is 2.47 bits per heavy atom. The van der Waals surface area contributed by atoms with E-state index in [1.807, 2.05) is 7.05 Å². The molecule has 0 aliphatic heterocycles. The van der Waals surface area contributed by atoms with Crippen LogP contribution in [0, 0.1) is 0 Å². The number of hydrogen-bond acceptors (Lipinski definition) is 3. The lowest BCUT2D eigenvalue weighted by atomic mass is 10.2. The van der Waals surface area contributed by atoms with Crippen LogP contribution < -0.4 is 10.2 Å². The van der Waals surface area contributed by atoms with Crippen LogP contribution in [0.2, 0.25) is 10.0 Å². The summed E-state index contributed by atoms with van der Waals surface area (Å²) in [5.41, 5.74) is 0. The number of unbranched alkanes of at least 4 members (excludes halogenated alkanes) is 2. The van der Waals surface area contributed by atoms with Crippen molar-refractivity contribution in [3.8, 4) is 0 Å². The summed E-state index contributed by atoms with van der Waals surface area (Å²) in [5.74, 6) is 1.48. The molecule has 5 heteroatoms. The van der Waals surface area contributed by atoms with Gasteiger partial charge in [-0.05, 0) is 26.3 Å². The third-order valence-corrected chi connectivity index (χ3v) is 3.61. The zero-order valence-electron chi connectivity index (χ0n) is 12.1. The quantitative estimate of drug-likeness (QED) is 0.731. The largest absolute Gasteiger partial charge is 0.372 e. The Morgan fingerprint density at radius 2 is 1.95 bits per heavy atom. The lowest BCUT2D eigenvalue weighted by Gasteiger charge is -2.29. The van der Waals surface area contributed by atoms with E-state index in [4.69, 9.17) is 23.2 Å². The maximum Gasteiger partial charge on any atom is 0.150 e. The Balaban J connectivity index is 3.01. The molecule has 0 amide bonds. The number of halogens is 2. The molecule has 0 atom stereocenters. The number of aromatic nitrogens is 1. The van der Waals surface area contributed by atoms with Crippen molar-refractivity contribution in [2.45, 2.75) is 46.1 Å². The van der Waals surface area contributed by atoms with Gasteiger partial charge in [0.25, 0.3) is 0 Å². The van der Waals surface area contributed by atoms with Gasteiger partial charge in [-0.2, -0.15) is 0 Å². The Bertz CT molecular complexity index is 408. The average Bonchev–Trinajstić information content (AvgIpc) is 2.35. The fraction of sp³-hybridized carbons (Fsp3) is 0.643. The topological polar surface area (TPSA) is 28.2 Å². The monoisotopic (exact) mass is 303 g/mol.